The number of nitrogens with zero attached hydrogens (tertiary/aromatic N) is 5. The molecule has 0 amide bonds. The summed E-state index contributed by atoms with van der Waals surface area (Å²) in [6.07, 6.45) is 1.37. The first-order valence-electron chi connectivity index (χ1n) is 8.61. The van der Waals surface area contributed by atoms with Gasteiger partial charge in [0.25, 0.3) is 5.78 Å². The zero-order chi connectivity index (χ0) is 20.6. The van der Waals surface area contributed by atoms with Crippen LogP contribution in [0.2, 0.25) is 0 Å². The van der Waals surface area contributed by atoms with E-state index in [1.165, 1.54) is 49.2 Å². The molecule has 10 heteroatoms. The Balaban J connectivity index is 1.70. The summed E-state index contributed by atoms with van der Waals surface area (Å²) in [5.74, 6) is 0.453. The van der Waals surface area contributed by atoms with E-state index in [1.807, 2.05) is 0 Å². The minimum Gasteiger partial charge on any atom is -0.340 e. The number of aromatic nitrogens is 4. The van der Waals surface area contributed by atoms with Crippen molar-refractivity contribution in [3.05, 3.63) is 66.7 Å². The average Bonchev–Trinajstić information content (AvgIpc) is 3.16. The Hall–Kier alpha value is -3.37. The topological polar surface area (TPSA) is 92.5 Å². The molecule has 4 rings (SSSR count). The van der Waals surface area contributed by atoms with E-state index in [2.05, 4.69) is 20.4 Å². The van der Waals surface area contributed by atoms with Crippen LogP contribution in [0.15, 0.2) is 65.8 Å². The first-order chi connectivity index (χ1) is 13.8. The van der Waals surface area contributed by atoms with Crippen molar-refractivity contribution >= 4 is 27.3 Å². The van der Waals surface area contributed by atoms with Crippen LogP contribution in [-0.4, -0.2) is 46.4 Å². The molecule has 0 spiro atoms. The number of nitrogens with one attached hydrogen (secondary N) is 1. The van der Waals surface area contributed by atoms with Gasteiger partial charge in [-0.05, 0) is 36.4 Å². The molecule has 2 aromatic heterocycles. The van der Waals surface area contributed by atoms with E-state index in [-0.39, 0.29) is 10.7 Å². The molecule has 0 aliphatic carbocycles. The zero-order valence-corrected chi connectivity index (χ0v) is 16.4. The molecule has 4 aromatic rings. The fourth-order valence-electron chi connectivity index (χ4n) is 2.80. The van der Waals surface area contributed by atoms with Crippen molar-refractivity contribution in [3.8, 4) is 11.3 Å². The fourth-order valence-corrected chi connectivity index (χ4v) is 3.70. The van der Waals surface area contributed by atoms with Gasteiger partial charge >= 0.3 is 0 Å². The molecule has 0 atom stereocenters. The normalized spacial score (nSPS) is 11.9. The lowest BCUT2D eigenvalue weighted by molar-refractivity contribution is 0.521. The molecule has 2 aromatic carbocycles. The maximum absolute atomic E-state index is 13.7. The van der Waals surface area contributed by atoms with Crippen LogP contribution >= 0.6 is 0 Å². The van der Waals surface area contributed by atoms with Crippen molar-refractivity contribution in [2.24, 2.45) is 0 Å². The van der Waals surface area contributed by atoms with E-state index < -0.39 is 10.0 Å². The number of hydrogen-bond acceptors (Lipinski definition) is 6. The molecule has 0 radical (unpaired) electrons. The third kappa shape index (κ3) is 3.67. The first kappa shape index (κ1) is 19.0. The van der Waals surface area contributed by atoms with Gasteiger partial charge < -0.3 is 5.32 Å². The Kier molecular flexibility index (Phi) is 4.73. The summed E-state index contributed by atoms with van der Waals surface area (Å²) in [6.45, 7) is 0. The van der Waals surface area contributed by atoms with Gasteiger partial charge in [0.05, 0.1) is 10.6 Å². The average molecular weight is 412 g/mol. The number of benzene rings is 2. The summed E-state index contributed by atoms with van der Waals surface area (Å²) in [6, 6.07) is 14.2. The molecule has 0 aliphatic rings. The van der Waals surface area contributed by atoms with Crippen molar-refractivity contribution in [2.75, 3.05) is 19.4 Å². The van der Waals surface area contributed by atoms with Gasteiger partial charge in [0.1, 0.15) is 18.0 Å². The summed E-state index contributed by atoms with van der Waals surface area (Å²) in [5.41, 5.74) is 1.88. The minimum atomic E-state index is -3.50. The molecule has 1 N–H and O–H groups in total. The second-order valence-corrected chi connectivity index (χ2v) is 8.60. The number of hydrogen-bond donors (Lipinski definition) is 1. The van der Waals surface area contributed by atoms with Crippen LogP contribution in [0.1, 0.15) is 0 Å². The summed E-state index contributed by atoms with van der Waals surface area (Å²) in [5, 5.41) is 7.27. The molecule has 0 fully saturated rings. The summed E-state index contributed by atoms with van der Waals surface area (Å²) in [4.78, 5) is 8.70. The third-order valence-electron chi connectivity index (χ3n) is 4.28. The highest BCUT2D eigenvalue weighted by molar-refractivity contribution is 7.89. The largest absolute Gasteiger partial charge is 0.340 e. The smallest absolute Gasteiger partial charge is 0.254 e. The molecule has 148 valence electrons. The molecule has 0 bridgehead atoms. The fraction of sp³-hybridized carbons (Fsp3) is 0.105. The second kappa shape index (κ2) is 7.22. The molecule has 0 unspecified atom stereocenters. The van der Waals surface area contributed by atoms with Gasteiger partial charge in [-0.2, -0.15) is 19.6 Å². The minimum absolute atomic E-state index is 0.189. The number of sulfonamides is 1. The summed E-state index contributed by atoms with van der Waals surface area (Å²) in [7, 11) is -0.543. The molecule has 29 heavy (non-hydrogen) atoms. The molecule has 8 nitrogen and oxygen atoms in total. The van der Waals surface area contributed by atoms with E-state index in [0.29, 0.717) is 28.5 Å². The Morgan fingerprint density at radius 1 is 1.07 bits per heavy atom. The van der Waals surface area contributed by atoms with Crippen molar-refractivity contribution in [1.29, 1.82) is 0 Å². The van der Waals surface area contributed by atoms with Crippen LogP contribution in [-0.2, 0) is 10.0 Å². The SMILES string of the molecule is CN(C)S(=O)(=O)c1ccc(Nc2cc(-c3cccc(F)c3)n3ncnc3n2)cc1. The summed E-state index contributed by atoms with van der Waals surface area (Å²) < 4.78 is 40.7. The molecule has 0 saturated heterocycles. The lowest BCUT2D eigenvalue weighted by atomic mass is 10.1. The van der Waals surface area contributed by atoms with Crippen molar-refractivity contribution < 1.29 is 12.8 Å². The number of fused-ring (bicyclic) bond motifs is 1. The van der Waals surface area contributed by atoms with Crippen LogP contribution in [0.4, 0.5) is 15.9 Å². The van der Waals surface area contributed by atoms with Gasteiger partial charge in [-0.3, -0.25) is 0 Å². The standard InChI is InChI=1S/C19H17FN6O2S/c1-25(2)29(27,28)16-8-6-15(7-9-16)23-18-11-17(13-4-3-5-14(20)10-13)26-19(24-18)21-12-22-26/h3-12H,1-2H3,(H,21,22,23,24). The van der Waals surface area contributed by atoms with E-state index >= 15 is 0 Å². The monoisotopic (exact) mass is 412 g/mol. The maximum atomic E-state index is 13.7. The van der Waals surface area contributed by atoms with Crippen LogP contribution < -0.4 is 5.32 Å². The lowest BCUT2D eigenvalue weighted by Gasteiger charge is -2.13. The third-order valence-corrected chi connectivity index (χ3v) is 6.11. The van der Waals surface area contributed by atoms with Gasteiger partial charge in [-0.15, -0.1) is 0 Å². The van der Waals surface area contributed by atoms with Crippen molar-refractivity contribution in [2.45, 2.75) is 4.90 Å². The van der Waals surface area contributed by atoms with Gasteiger partial charge in [0.2, 0.25) is 10.0 Å². The van der Waals surface area contributed by atoms with Crippen molar-refractivity contribution in [3.63, 3.8) is 0 Å². The highest BCUT2D eigenvalue weighted by atomic mass is 32.2. The van der Waals surface area contributed by atoms with E-state index in [1.54, 1.807) is 30.3 Å². The van der Waals surface area contributed by atoms with Crippen LogP contribution in [0.3, 0.4) is 0 Å². The van der Waals surface area contributed by atoms with E-state index in [9.17, 15) is 12.8 Å². The Bertz CT molecular complexity index is 1290. The maximum Gasteiger partial charge on any atom is 0.254 e. The second-order valence-electron chi connectivity index (χ2n) is 6.45. The Morgan fingerprint density at radius 3 is 2.52 bits per heavy atom. The van der Waals surface area contributed by atoms with Gasteiger partial charge in [-0.1, -0.05) is 12.1 Å². The lowest BCUT2D eigenvalue weighted by Crippen LogP contribution is -2.22. The number of anilines is 2. The van der Waals surface area contributed by atoms with E-state index in [0.717, 1.165) is 4.31 Å². The predicted octanol–water partition coefficient (Wildman–Crippen LogP) is 2.92. The molecular weight excluding hydrogens is 395 g/mol. The van der Waals surface area contributed by atoms with E-state index in [4.69, 9.17) is 0 Å². The molecule has 0 saturated carbocycles. The zero-order valence-electron chi connectivity index (χ0n) is 15.6. The molecule has 0 aliphatic heterocycles. The number of rotatable bonds is 5. The highest BCUT2D eigenvalue weighted by Crippen LogP contribution is 2.25. The van der Waals surface area contributed by atoms with Crippen LogP contribution in [0, 0.1) is 5.82 Å². The highest BCUT2D eigenvalue weighted by Gasteiger charge is 2.17. The molecule has 2 heterocycles. The van der Waals surface area contributed by atoms with Gasteiger partial charge in [0.15, 0.2) is 0 Å². The van der Waals surface area contributed by atoms with Crippen molar-refractivity contribution in [1.82, 2.24) is 23.9 Å². The first-order valence-corrected chi connectivity index (χ1v) is 10.0. The molecular formula is C19H17FN6O2S. The van der Waals surface area contributed by atoms with Crippen LogP contribution in [0.25, 0.3) is 17.0 Å². The van der Waals surface area contributed by atoms with Gasteiger partial charge in [-0.25, -0.2) is 17.1 Å². The number of halogens is 1. The Labute approximate surface area is 166 Å². The quantitative estimate of drug-likeness (QED) is 0.542. The Morgan fingerprint density at radius 2 is 1.83 bits per heavy atom. The predicted molar refractivity (Wildman–Crippen MR) is 107 cm³/mol. The van der Waals surface area contributed by atoms with Crippen LogP contribution in [0.5, 0.6) is 0 Å². The summed E-state index contributed by atoms with van der Waals surface area (Å²) >= 11 is 0. The van der Waals surface area contributed by atoms with Gasteiger partial charge in [0, 0.05) is 31.4 Å².